The Morgan fingerprint density at radius 1 is 0.769 bits per heavy atom. The number of benzene rings is 4. The van der Waals surface area contributed by atoms with E-state index in [0.717, 1.165) is 11.5 Å². The molecule has 0 aliphatic carbocycles. The highest BCUT2D eigenvalue weighted by Gasteiger charge is 2.19. The topological polar surface area (TPSA) is 35.5 Å². The van der Waals surface area contributed by atoms with Gasteiger partial charge in [0.15, 0.2) is 17.4 Å². The van der Waals surface area contributed by atoms with Crippen molar-refractivity contribution in [3.05, 3.63) is 84.4 Å². The molecule has 0 saturated heterocycles. The van der Waals surface area contributed by atoms with Crippen molar-refractivity contribution in [1.29, 1.82) is 0 Å². The largest absolute Gasteiger partial charge is 0.519 e. The van der Waals surface area contributed by atoms with E-state index < -0.39 is 17.8 Å². The van der Waals surface area contributed by atoms with Gasteiger partial charge in [0.25, 0.3) is 0 Å². The van der Waals surface area contributed by atoms with Gasteiger partial charge in [0.2, 0.25) is 0 Å². The van der Waals surface area contributed by atoms with Crippen LogP contribution in [-0.4, -0.2) is 6.16 Å². The minimum atomic E-state index is -1.07. The zero-order valence-corrected chi connectivity index (χ0v) is 13.4. The highest BCUT2D eigenvalue weighted by molar-refractivity contribution is 6.06. The van der Waals surface area contributed by atoms with Crippen molar-refractivity contribution in [2.24, 2.45) is 0 Å². The van der Waals surface area contributed by atoms with Gasteiger partial charge in [-0.15, -0.1) is 0 Å². The number of halogens is 2. The van der Waals surface area contributed by atoms with Gasteiger partial charge in [0, 0.05) is 5.39 Å². The molecule has 0 atom stereocenters. The summed E-state index contributed by atoms with van der Waals surface area (Å²) in [5, 5.41) is 1.53. The van der Waals surface area contributed by atoms with E-state index in [1.165, 1.54) is 6.07 Å². The van der Waals surface area contributed by atoms with E-state index >= 15 is 0 Å². The third-order valence-corrected chi connectivity index (χ3v) is 4.00. The molecule has 0 saturated carbocycles. The van der Waals surface area contributed by atoms with Gasteiger partial charge in [-0.05, 0) is 35.0 Å². The maximum absolute atomic E-state index is 14.5. The first-order chi connectivity index (χ1) is 12.6. The molecule has 0 aliphatic rings. The standard InChI is InChI=1S/C21H12F2O3/c22-17-11-10-14-12-13-6-4-5-9-16(13)20(18(14)19(17)23)26-21(24)25-15-7-2-1-3-8-15/h1-12H. The molecule has 0 bridgehead atoms. The van der Waals surface area contributed by atoms with E-state index in [-0.39, 0.29) is 16.9 Å². The first-order valence-corrected chi connectivity index (χ1v) is 7.87. The Balaban J connectivity index is 1.85. The molecule has 0 N–H and O–H groups in total. The number of carbonyl (C=O) groups excluding carboxylic acids is 1. The van der Waals surface area contributed by atoms with E-state index in [1.54, 1.807) is 60.7 Å². The number of hydrogen-bond donors (Lipinski definition) is 0. The van der Waals surface area contributed by atoms with Crippen molar-refractivity contribution in [2.75, 3.05) is 0 Å². The van der Waals surface area contributed by atoms with Crippen LogP contribution in [0.15, 0.2) is 72.8 Å². The lowest BCUT2D eigenvalue weighted by atomic mass is 10.0. The Morgan fingerprint density at radius 2 is 1.50 bits per heavy atom. The lowest BCUT2D eigenvalue weighted by molar-refractivity contribution is 0.153. The summed E-state index contributed by atoms with van der Waals surface area (Å²) in [6, 6.07) is 19.5. The second-order valence-electron chi connectivity index (χ2n) is 5.65. The fourth-order valence-electron chi connectivity index (χ4n) is 2.84. The van der Waals surface area contributed by atoms with Gasteiger partial charge in [0.05, 0.1) is 5.39 Å². The van der Waals surface area contributed by atoms with Gasteiger partial charge in [-0.1, -0.05) is 48.5 Å². The second kappa shape index (κ2) is 6.44. The molecule has 4 aromatic rings. The summed E-state index contributed by atoms with van der Waals surface area (Å²) in [5.41, 5.74) is 0. The molecular weight excluding hydrogens is 338 g/mol. The number of para-hydroxylation sites is 1. The first-order valence-electron chi connectivity index (χ1n) is 7.87. The van der Waals surface area contributed by atoms with Gasteiger partial charge in [-0.25, -0.2) is 13.6 Å². The maximum Gasteiger partial charge on any atom is 0.519 e. The Bertz CT molecular complexity index is 1120. The van der Waals surface area contributed by atoms with E-state index in [0.29, 0.717) is 10.8 Å². The molecule has 4 rings (SSSR count). The quantitative estimate of drug-likeness (QED) is 0.258. The fourth-order valence-corrected chi connectivity index (χ4v) is 2.84. The molecule has 0 amide bonds. The zero-order chi connectivity index (χ0) is 18.1. The third-order valence-electron chi connectivity index (χ3n) is 4.00. The van der Waals surface area contributed by atoms with Crippen molar-refractivity contribution in [2.45, 2.75) is 0 Å². The monoisotopic (exact) mass is 350 g/mol. The summed E-state index contributed by atoms with van der Waals surface area (Å²) in [6.07, 6.45) is -1.03. The molecule has 5 heteroatoms. The molecular formula is C21H12F2O3. The molecule has 4 aromatic carbocycles. The lowest BCUT2D eigenvalue weighted by Gasteiger charge is -2.12. The van der Waals surface area contributed by atoms with Crippen LogP contribution in [0.1, 0.15) is 0 Å². The summed E-state index contributed by atoms with van der Waals surface area (Å²) in [6.45, 7) is 0. The van der Waals surface area contributed by atoms with E-state index in [9.17, 15) is 13.6 Å². The Kier molecular flexibility index (Phi) is 3.97. The van der Waals surface area contributed by atoms with Crippen LogP contribution in [0.3, 0.4) is 0 Å². The number of fused-ring (bicyclic) bond motifs is 2. The molecule has 0 spiro atoms. The van der Waals surface area contributed by atoms with Crippen molar-refractivity contribution in [3.8, 4) is 11.5 Å². The van der Waals surface area contributed by atoms with Crippen LogP contribution >= 0.6 is 0 Å². The van der Waals surface area contributed by atoms with Crippen LogP contribution in [0.2, 0.25) is 0 Å². The normalized spacial score (nSPS) is 10.8. The van der Waals surface area contributed by atoms with Crippen molar-refractivity contribution < 1.29 is 23.0 Å². The van der Waals surface area contributed by atoms with Crippen LogP contribution in [0.25, 0.3) is 21.5 Å². The SMILES string of the molecule is O=C(Oc1ccccc1)Oc1c2ccccc2cc2ccc(F)c(F)c12. The van der Waals surface area contributed by atoms with Crippen molar-refractivity contribution >= 4 is 27.7 Å². The van der Waals surface area contributed by atoms with Gasteiger partial charge >= 0.3 is 6.16 Å². The molecule has 26 heavy (non-hydrogen) atoms. The smallest absolute Gasteiger partial charge is 0.395 e. The van der Waals surface area contributed by atoms with Crippen LogP contribution < -0.4 is 9.47 Å². The predicted octanol–water partition coefficient (Wildman–Crippen LogP) is 5.85. The highest BCUT2D eigenvalue weighted by Crippen LogP contribution is 2.37. The minimum absolute atomic E-state index is 0.0731. The third kappa shape index (κ3) is 2.84. The van der Waals surface area contributed by atoms with Crippen LogP contribution in [0.5, 0.6) is 11.5 Å². The van der Waals surface area contributed by atoms with Crippen molar-refractivity contribution in [3.63, 3.8) is 0 Å². The fraction of sp³-hybridized carbons (Fsp3) is 0. The van der Waals surface area contributed by atoms with Crippen LogP contribution in [0, 0.1) is 11.6 Å². The Morgan fingerprint density at radius 3 is 2.31 bits per heavy atom. The Labute approximate surface area is 147 Å². The van der Waals surface area contributed by atoms with E-state index in [2.05, 4.69) is 0 Å². The molecule has 128 valence electrons. The maximum atomic E-state index is 14.5. The zero-order valence-electron chi connectivity index (χ0n) is 13.4. The predicted molar refractivity (Wildman–Crippen MR) is 94.5 cm³/mol. The number of rotatable bonds is 2. The van der Waals surface area contributed by atoms with Gasteiger partial charge in [0.1, 0.15) is 5.75 Å². The molecule has 0 aliphatic heterocycles. The second-order valence-corrected chi connectivity index (χ2v) is 5.65. The highest BCUT2D eigenvalue weighted by atomic mass is 19.2. The van der Waals surface area contributed by atoms with Crippen LogP contribution in [-0.2, 0) is 0 Å². The summed E-state index contributed by atoms with van der Waals surface area (Å²) in [5.74, 6) is -1.88. The summed E-state index contributed by atoms with van der Waals surface area (Å²) in [4.78, 5) is 12.2. The summed E-state index contributed by atoms with van der Waals surface area (Å²) < 4.78 is 38.6. The molecule has 3 nitrogen and oxygen atoms in total. The lowest BCUT2D eigenvalue weighted by Crippen LogP contribution is -2.14. The number of hydrogen-bond acceptors (Lipinski definition) is 3. The van der Waals surface area contributed by atoms with Gasteiger partial charge in [-0.3, -0.25) is 0 Å². The first kappa shape index (κ1) is 16.0. The number of carbonyl (C=O) groups is 1. The van der Waals surface area contributed by atoms with E-state index in [4.69, 9.17) is 9.47 Å². The molecule has 0 radical (unpaired) electrons. The average Bonchev–Trinajstić information content (AvgIpc) is 2.65. The molecule has 0 unspecified atom stereocenters. The summed E-state index contributed by atoms with van der Waals surface area (Å²) in [7, 11) is 0. The minimum Gasteiger partial charge on any atom is -0.395 e. The van der Waals surface area contributed by atoms with Gasteiger partial charge < -0.3 is 9.47 Å². The van der Waals surface area contributed by atoms with Gasteiger partial charge in [-0.2, -0.15) is 0 Å². The van der Waals surface area contributed by atoms with Crippen molar-refractivity contribution in [1.82, 2.24) is 0 Å². The summed E-state index contributed by atoms with van der Waals surface area (Å²) >= 11 is 0. The van der Waals surface area contributed by atoms with Crippen LogP contribution in [0.4, 0.5) is 13.6 Å². The molecule has 0 fully saturated rings. The Hall–Kier alpha value is -3.47. The van der Waals surface area contributed by atoms with E-state index in [1.807, 2.05) is 0 Å². The number of ether oxygens (including phenoxy) is 2. The average molecular weight is 350 g/mol. The molecule has 0 aromatic heterocycles. The molecule has 0 heterocycles.